The van der Waals surface area contributed by atoms with E-state index in [9.17, 15) is 13.2 Å². The molecule has 0 saturated carbocycles. The summed E-state index contributed by atoms with van der Waals surface area (Å²) in [6, 6.07) is 37.4. The van der Waals surface area contributed by atoms with Gasteiger partial charge in [0.1, 0.15) is 5.75 Å². The van der Waals surface area contributed by atoms with Gasteiger partial charge in [0.05, 0.1) is 0 Å². The second-order valence-electron chi connectivity index (χ2n) is 7.31. The van der Waals surface area contributed by atoms with Crippen LogP contribution in [0.1, 0.15) is 5.56 Å². The molecule has 0 aliphatic rings. The van der Waals surface area contributed by atoms with Crippen LogP contribution in [0.25, 0.3) is 0 Å². The molecule has 4 aromatic carbocycles. The fraction of sp³-hybridized carbons (Fsp3) is 0.0741. The first-order chi connectivity index (χ1) is 15.5. The smallest absolute Gasteiger partial charge is 0.406 e. The number of ether oxygens (including phenoxy) is 1. The molecule has 4 aromatic rings. The molecule has 0 heterocycles. The van der Waals surface area contributed by atoms with Crippen LogP contribution in [-0.4, -0.2) is 12.2 Å². The minimum absolute atomic E-state index is 0.212. The Morgan fingerprint density at radius 1 is 0.594 bits per heavy atom. The molecule has 0 radical (unpaired) electrons. The summed E-state index contributed by atoms with van der Waals surface area (Å²) >= 11 is 0. The van der Waals surface area contributed by atoms with Crippen LogP contribution in [0.4, 0.5) is 13.2 Å². The second-order valence-corrected chi connectivity index (χ2v) is 10.7. The van der Waals surface area contributed by atoms with Crippen molar-refractivity contribution in [3.05, 3.63) is 121 Å². The van der Waals surface area contributed by atoms with Crippen molar-refractivity contribution < 1.29 is 17.9 Å². The maximum atomic E-state index is 12.5. The molecule has 0 spiro atoms. The third kappa shape index (κ3) is 4.98. The lowest BCUT2D eigenvalue weighted by Crippen LogP contribution is -2.27. The van der Waals surface area contributed by atoms with Crippen LogP contribution in [0, 0.1) is 0 Å². The molecule has 4 rings (SSSR count). The van der Waals surface area contributed by atoms with Gasteiger partial charge in [0.15, 0.2) is 0 Å². The third-order valence-corrected chi connectivity index (χ3v) is 9.32. The quantitative estimate of drug-likeness (QED) is 0.331. The van der Waals surface area contributed by atoms with E-state index in [0.29, 0.717) is 6.42 Å². The van der Waals surface area contributed by atoms with Crippen LogP contribution in [0.5, 0.6) is 5.75 Å². The van der Waals surface area contributed by atoms with Crippen molar-refractivity contribution in [1.82, 2.24) is 0 Å². The Balaban J connectivity index is 1.83. The van der Waals surface area contributed by atoms with Crippen LogP contribution < -0.4 is 20.7 Å². The maximum Gasteiger partial charge on any atom is 0.573 e. The highest BCUT2D eigenvalue weighted by atomic mass is 31.2. The van der Waals surface area contributed by atoms with E-state index >= 15 is 0 Å². The molecule has 0 aliphatic carbocycles. The SMILES string of the molecule is FC(F)(F)Oc1ccc(CC=P(c2ccccc2)(c2ccccc2)c2ccccc2)cc1. The zero-order chi connectivity index (χ0) is 22.4. The van der Waals surface area contributed by atoms with E-state index < -0.39 is 13.2 Å². The molecule has 0 aliphatic heterocycles. The van der Waals surface area contributed by atoms with E-state index in [2.05, 4.69) is 46.9 Å². The number of hydrogen-bond donors (Lipinski definition) is 0. The Morgan fingerprint density at radius 2 is 1.00 bits per heavy atom. The average Bonchev–Trinajstić information content (AvgIpc) is 2.82. The summed E-state index contributed by atoms with van der Waals surface area (Å²) < 4.78 is 41.5. The summed E-state index contributed by atoms with van der Waals surface area (Å²) in [5.41, 5.74) is 0.923. The van der Waals surface area contributed by atoms with Crippen molar-refractivity contribution in [2.75, 3.05) is 0 Å². The van der Waals surface area contributed by atoms with Crippen LogP contribution in [-0.2, 0) is 6.42 Å². The van der Waals surface area contributed by atoms with E-state index in [0.717, 1.165) is 5.56 Å². The molecule has 162 valence electrons. The maximum absolute atomic E-state index is 12.5. The molecule has 0 atom stereocenters. The van der Waals surface area contributed by atoms with Gasteiger partial charge in [0, 0.05) is 0 Å². The van der Waals surface area contributed by atoms with E-state index in [1.165, 1.54) is 28.0 Å². The molecule has 0 aromatic heterocycles. The first-order valence-corrected chi connectivity index (χ1v) is 12.1. The highest BCUT2D eigenvalue weighted by molar-refractivity contribution is 7.94. The van der Waals surface area contributed by atoms with Crippen LogP contribution in [0.15, 0.2) is 115 Å². The summed E-state index contributed by atoms with van der Waals surface area (Å²) in [6.07, 6.45) is -4.08. The fourth-order valence-electron chi connectivity index (χ4n) is 3.82. The van der Waals surface area contributed by atoms with Gasteiger partial charge in [0.25, 0.3) is 0 Å². The minimum atomic E-state index is -4.69. The van der Waals surface area contributed by atoms with Gasteiger partial charge in [-0.05, 0) is 46.9 Å². The number of rotatable bonds is 6. The van der Waals surface area contributed by atoms with Crippen molar-refractivity contribution in [2.24, 2.45) is 0 Å². The Morgan fingerprint density at radius 3 is 1.38 bits per heavy atom. The lowest BCUT2D eigenvalue weighted by atomic mass is 10.2. The second kappa shape index (κ2) is 9.50. The molecule has 0 amide bonds. The zero-order valence-corrected chi connectivity index (χ0v) is 18.1. The molecule has 0 fully saturated rings. The van der Waals surface area contributed by atoms with Gasteiger partial charge in [-0.25, -0.2) is 0 Å². The Hall–Kier alpha value is -3.23. The highest BCUT2D eigenvalue weighted by Gasteiger charge is 2.31. The normalized spacial score (nSPS) is 11.7. The monoisotopic (exact) mass is 450 g/mol. The first kappa shape index (κ1) is 22.0. The Bertz CT molecular complexity index is 1080. The van der Waals surface area contributed by atoms with Crippen molar-refractivity contribution >= 4 is 28.6 Å². The predicted octanol–water partition coefficient (Wildman–Crippen LogP) is 5.92. The van der Waals surface area contributed by atoms with E-state index in [-0.39, 0.29) is 5.75 Å². The number of benzene rings is 4. The summed E-state index contributed by atoms with van der Waals surface area (Å²) in [4.78, 5) is 0. The molecular formula is C27H22F3OP. The Kier molecular flexibility index (Phi) is 6.53. The van der Waals surface area contributed by atoms with Gasteiger partial charge in [0.2, 0.25) is 0 Å². The van der Waals surface area contributed by atoms with Gasteiger partial charge in [-0.1, -0.05) is 109 Å². The minimum Gasteiger partial charge on any atom is -0.406 e. The van der Waals surface area contributed by atoms with Gasteiger partial charge in [-0.2, -0.15) is 0 Å². The molecule has 0 unspecified atom stereocenters. The van der Waals surface area contributed by atoms with E-state index in [1.54, 1.807) is 12.1 Å². The summed E-state index contributed by atoms with van der Waals surface area (Å²) in [5, 5.41) is 3.69. The molecule has 0 bridgehead atoms. The molecular weight excluding hydrogens is 428 g/mol. The average molecular weight is 450 g/mol. The summed E-state index contributed by atoms with van der Waals surface area (Å²) in [7, 11) is 0. The predicted molar refractivity (Wildman–Crippen MR) is 128 cm³/mol. The van der Waals surface area contributed by atoms with Crippen molar-refractivity contribution in [1.29, 1.82) is 0 Å². The number of hydrogen-bond acceptors (Lipinski definition) is 1. The molecule has 0 saturated heterocycles. The van der Waals surface area contributed by atoms with Crippen molar-refractivity contribution in [3.8, 4) is 5.75 Å². The van der Waals surface area contributed by atoms with Crippen LogP contribution in [0.3, 0.4) is 0 Å². The lowest BCUT2D eigenvalue weighted by molar-refractivity contribution is -0.274. The summed E-state index contributed by atoms with van der Waals surface area (Å²) in [5.74, 6) is 2.13. The van der Waals surface area contributed by atoms with Gasteiger partial charge in [-0.15, -0.1) is 13.2 Å². The van der Waals surface area contributed by atoms with Crippen molar-refractivity contribution in [3.63, 3.8) is 0 Å². The number of alkyl halides is 3. The standard InChI is InChI=1S/C27H22F3OP/c28-27(29,30)31-23-18-16-22(17-19-23)20-21-32(24-10-4-1-5-11-24,25-12-6-2-7-13-25)26-14-8-3-9-15-26/h1-19,21H,20H2. The third-order valence-electron chi connectivity index (χ3n) is 5.25. The van der Waals surface area contributed by atoms with E-state index in [1.807, 2.05) is 54.6 Å². The van der Waals surface area contributed by atoms with Crippen LogP contribution >= 0.6 is 6.89 Å². The molecule has 1 nitrogen and oxygen atoms in total. The van der Waals surface area contributed by atoms with Crippen molar-refractivity contribution in [2.45, 2.75) is 12.8 Å². The van der Waals surface area contributed by atoms with Crippen LogP contribution in [0.2, 0.25) is 0 Å². The largest absolute Gasteiger partial charge is 0.573 e. The van der Waals surface area contributed by atoms with Gasteiger partial charge in [-0.3, -0.25) is 0 Å². The summed E-state index contributed by atoms with van der Waals surface area (Å²) in [6.45, 7) is -2.10. The molecule has 0 N–H and O–H groups in total. The molecule has 32 heavy (non-hydrogen) atoms. The lowest BCUT2D eigenvalue weighted by Gasteiger charge is -2.29. The topological polar surface area (TPSA) is 9.23 Å². The van der Waals surface area contributed by atoms with Gasteiger partial charge >= 0.3 is 6.36 Å². The zero-order valence-electron chi connectivity index (χ0n) is 17.2. The highest BCUT2D eigenvalue weighted by Crippen LogP contribution is 2.43. The first-order valence-electron chi connectivity index (χ1n) is 10.2. The molecule has 5 heteroatoms. The van der Waals surface area contributed by atoms with Gasteiger partial charge < -0.3 is 4.74 Å². The van der Waals surface area contributed by atoms with E-state index in [4.69, 9.17) is 0 Å². The number of halogens is 3. The Labute approximate surface area is 186 Å². The fourth-order valence-corrected chi connectivity index (χ4v) is 7.76.